The van der Waals surface area contributed by atoms with Gasteiger partial charge in [-0.3, -0.25) is 4.79 Å². The lowest BCUT2D eigenvalue weighted by atomic mass is 10.0. The minimum absolute atomic E-state index is 0.0298. The predicted octanol–water partition coefficient (Wildman–Crippen LogP) is 2.87. The summed E-state index contributed by atoms with van der Waals surface area (Å²) in [6, 6.07) is 5.64. The molecule has 2 N–H and O–H groups in total. The minimum atomic E-state index is 0.0298. The number of benzene rings is 1. The van der Waals surface area contributed by atoms with Gasteiger partial charge in [0.25, 0.3) is 5.91 Å². The maximum Gasteiger partial charge on any atom is 0.253 e. The number of rotatable bonds is 4. The topological polar surface area (TPSA) is 49.6 Å². The van der Waals surface area contributed by atoms with E-state index < -0.39 is 0 Å². The van der Waals surface area contributed by atoms with Crippen molar-refractivity contribution < 1.29 is 4.79 Å². The number of hydrogen-bond donors (Lipinski definition) is 1. The molecule has 0 unspecified atom stereocenters. The summed E-state index contributed by atoms with van der Waals surface area (Å²) in [5.41, 5.74) is 6.88. The zero-order valence-corrected chi connectivity index (χ0v) is 13.6. The monoisotopic (exact) mass is 309 g/mol. The highest BCUT2D eigenvalue weighted by Crippen LogP contribution is 2.21. The van der Waals surface area contributed by atoms with Gasteiger partial charge in [0.05, 0.1) is 0 Å². The van der Waals surface area contributed by atoms with E-state index in [0.717, 1.165) is 39.0 Å². The van der Waals surface area contributed by atoms with Gasteiger partial charge in [-0.05, 0) is 44.1 Å². The highest BCUT2D eigenvalue weighted by molar-refractivity contribution is 6.31. The summed E-state index contributed by atoms with van der Waals surface area (Å²) in [5, 5.41) is 0.511. The maximum absolute atomic E-state index is 12.5. The summed E-state index contributed by atoms with van der Waals surface area (Å²) in [5.74, 6) is 0.0298. The van der Waals surface area contributed by atoms with Crippen molar-refractivity contribution in [3.8, 4) is 0 Å². The van der Waals surface area contributed by atoms with E-state index in [1.807, 2.05) is 4.90 Å². The van der Waals surface area contributed by atoms with Gasteiger partial charge in [0, 0.05) is 35.4 Å². The number of hydrogen-bond acceptors (Lipinski definition) is 3. The van der Waals surface area contributed by atoms with Crippen molar-refractivity contribution in [1.82, 2.24) is 9.80 Å². The number of anilines is 1. The highest BCUT2D eigenvalue weighted by atomic mass is 35.5. The molecular weight excluding hydrogens is 286 g/mol. The first-order valence-corrected chi connectivity index (χ1v) is 8.02. The molecule has 5 heteroatoms. The molecule has 1 fully saturated rings. The molecule has 1 heterocycles. The number of amides is 1. The van der Waals surface area contributed by atoms with Crippen molar-refractivity contribution in [2.75, 3.05) is 31.9 Å². The van der Waals surface area contributed by atoms with E-state index in [1.54, 1.807) is 18.2 Å². The molecule has 1 aliphatic heterocycles. The van der Waals surface area contributed by atoms with Crippen LogP contribution < -0.4 is 5.73 Å². The van der Waals surface area contributed by atoms with Crippen LogP contribution in [0.25, 0.3) is 0 Å². The van der Waals surface area contributed by atoms with Crippen LogP contribution in [0.15, 0.2) is 18.2 Å². The van der Waals surface area contributed by atoms with Gasteiger partial charge in [-0.25, -0.2) is 0 Å². The lowest BCUT2D eigenvalue weighted by molar-refractivity contribution is 0.0631. The molecule has 0 aliphatic carbocycles. The lowest BCUT2D eigenvalue weighted by Gasteiger charge is -2.37. The van der Waals surface area contributed by atoms with Crippen LogP contribution in [0.4, 0.5) is 5.69 Å². The first-order chi connectivity index (χ1) is 10.0. The van der Waals surface area contributed by atoms with E-state index in [1.165, 1.54) is 0 Å². The number of halogens is 1. The van der Waals surface area contributed by atoms with E-state index >= 15 is 0 Å². The predicted molar refractivity (Wildman–Crippen MR) is 87.7 cm³/mol. The molecule has 1 aliphatic rings. The van der Waals surface area contributed by atoms with Crippen LogP contribution in [0, 0.1) is 0 Å². The van der Waals surface area contributed by atoms with E-state index in [9.17, 15) is 4.79 Å². The molecule has 4 nitrogen and oxygen atoms in total. The van der Waals surface area contributed by atoms with E-state index in [2.05, 4.69) is 18.7 Å². The largest absolute Gasteiger partial charge is 0.399 e. The molecule has 1 aromatic carbocycles. The molecule has 0 aromatic heterocycles. The van der Waals surface area contributed by atoms with Crippen LogP contribution in [0.1, 0.15) is 37.0 Å². The second kappa shape index (κ2) is 7.14. The third-order valence-electron chi connectivity index (χ3n) is 4.25. The average Bonchev–Trinajstić information content (AvgIpc) is 2.47. The van der Waals surface area contributed by atoms with Crippen molar-refractivity contribution in [3.05, 3.63) is 28.8 Å². The molecular formula is C16H24ClN3O. The molecule has 0 radical (unpaired) electrons. The summed E-state index contributed by atoms with van der Waals surface area (Å²) in [6.45, 7) is 8.12. The molecule has 1 amide bonds. The second-order valence-corrected chi connectivity index (χ2v) is 5.95. The van der Waals surface area contributed by atoms with Crippen LogP contribution in [0.3, 0.4) is 0 Å². The third kappa shape index (κ3) is 3.89. The minimum Gasteiger partial charge on any atom is -0.399 e. The summed E-state index contributed by atoms with van der Waals surface area (Å²) in [7, 11) is 0. The first-order valence-electron chi connectivity index (χ1n) is 7.64. The zero-order chi connectivity index (χ0) is 15.4. The third-order valence-corrected chi connectivity index (χ3v) is 4.47. The molecule has 0 spiro atoms. The fourth-order valence-corrected chi connectivity index (χ4v) is 3.34. The van der Waals surface area contributed by atoms with Crippen molar-refractivity contribution in [3.63, 3.8) is 0 Å². The standard InChI is InChI=1S/C16H24ClN3O/c1-3-19(4-2)15-5-7-20(8-6-15)16(21)12-9-13(17)11-14(18)10-12/h9-11,15H,3-8,18H2,1-2H3. The number of carbonyl (C=O) groups excluding carboxylic acids is 1. The fraction of sp³-hybridized carbons (Fsp3) is 0.562. The van der Waals surface area contributed by atoms with Crippen LogP contribution >= 0.6 is 11.6 Å². The highest BCUT2D eigenvalue weighted by Gasteiger charge is 2.26. The van der Waals surface area contributed by atoms with E-state index in [4.69, 9.17) is 17.3 Å². The van der Waals surface area contributed by atoms with Gasteiger partial charge in [0.15, 0.2) is 0 Å². The van der Waals surface area contributed by atoms with Gasteiger partial charge in [0.1, 0.15) is 0 Å². The smallest absolute Gasteiger partial charge is 0.253 e. The van der Waals surface area contributed by atoms with Crippen molar-refractivity contribution in [2.24, 2.45) is 0 Å². The molecule has 0 saturated carbocycles. The Morgan fingerprint density at radius 1 is 1.29 bits per heavy atom. The van der Waals surface area contributed by atoms with Crippen LogP contribution in [0.5, 0.6) is 0 Å². The van der Waals surface area contributed by atoms with E-state index in [-0.39, 0.29) is 5.91 Å². The average molecular weight is 310 g/mol. The zero-order valence-electron chi connectivity index (χ0n) is 12.8. The Kier molecular flexibility index (Phi) is 5.48. The molecule has 0 atom stereocenters. The van der Waals surface area contributed by atoms with E-state index in [0.29, 0.717) is 22.3 Å². The lowest BCUT2D eigenvalue weighted by Crippen LogP contribution is -2.46. The van der Waals surface area contributed by atoms with Gasteiger partial charge in [-0.2, -0.15) is 0 Å². The van der Waals surface area contributed by atoms with Gasteiger partial charge in [0.2, 0.25) is 0 Å². The van der Waals surface area contributed by atoms with Crippen molar-refractivity contribution in [1.29, 1.82) is 0 Å². The first kappa shape index (κ1) is 16.1. The molecule has 2 rings (SSSR count). The molecule has 1 aromatic rings. The summed E-state index contributed by atoms with van der Waals surface area (Å²) in [6.07, 6.45) is 2.06. The second-order valence-electron chi connectivity index (χ2n) is 5.52. The van der Waals surface area contributed by atoms with Crippen LogP contribution in [0.2, 0.25) is 5.02 Å². The summed E-state index contributed by atoms with van der Waals surface area (Å²) < 4.78 is 0. The Morgan fingerprint density at radius 3 is 2.43 bits per heavy atom. The number of nitrogen functional groups attached to an aromatic ring is 1. The van der Waals surface area contributed by atoms with Gasteiger partial charge >= 0.3 is 0 Å². The Balaban J connectivity index is 2.00. The molecule has 0 bridgehead atoms. The Morgan fingerprint density at radius 2 is 1.90 bits per heavy atom. The van der Waals surface area contributed by atoms with Gasteiger partial charge < -0.3 is 15.5 Å². The van der Waals surface area contributed by atoms with Gasteiger partial charge in [-0.1, -0.05) is 25.4 Å². The molecule has 116 valence electrons. The van der Waals surface area contributed by atoms with Crippen molar-refractivity contribution in [2.45, 2.75) is 32.7 Å². The Bertz CT molecular complexity index is 474. The number of nitrogens with zero attached hydrogens (tertiary/aromatic N) is 2. The Labute approximate surface area is 131 Å². The molecule has 21 heavy (non-hydrogen) atoms. The summed E-state index contributed by atoms with van der Waals surface area (Å²) in [4.78, 5) is 16.9. The number of piperidine rings is 1. The maximum atomic E-state index is 12.5. The molecule has 1 saturated heterocycles. The van der Waals surface area contributed by atoms with Crippen LogP contribution in [-0.2, 0) is 0 Å². The number of nitrogens with two attached hydrogens (primary N) is 1. The quantitative estimate of drug-likeness (QED) is 0.870. The van der Waals surface area contributed by atoms with Crippen LogP contribution in [-0.4, -0.2) is 47.9 Å². The van der Waals surface area contributed by atoms with Gasteiger partial charge in [-0.15, -0.1) is 0 Å². The van der Waals surface area contributed by atoms with Crippen molar-refractivity contribution >= 4 is 23.2 Å². The Hall–Kier alpha value is -1.26. The normalized spacial score (nSPS) is 16.5. The number of carbonyl (C=O) groups is 1. The summed E-state index contributed by atoms with van der Waals surface area (Å²) >= 11 is 5.98. The SMILES string of the molecule is CCN(CC)C1CCN(C(=O)c2cc(N)cc(Cl)c2)CC1. The number of likely N-dealkylation sites (tertiary alicyclic amines) is 1. The fourth-order valence-electron chi connectivity index (χ4n) is 3.09.